The minimum Gasteiger partial charge on any atom is -0.463 e. The molecule has 0 radical (unpaired) electrons. The Hall–Kier alpha value is -4.74. The van der Waals surface area contributed by atoms with Crippen molar-refractivity contribution in [3.63, 3.8) is 0 Å². The van der Waals surface area contributed by atoms with Gasteiger partial charge in [0, 0.05) is 0 Å². The van der Waals surface area contributed by atoms with Gasteiger partial charge in [0.05, 0.1) is 12.1 Å². The quantitative estimate of drug-likeness (QED) is 0.236. The number of carbonyl (C=O) groups is 3. The number of hydrogen-bond donors (Lipinski definition) is 3. The van der Waals surface area contributed by atoms with E-state index in [2.05, 4.69) is 15.4 Å². The Kier molecular flexibility index (Phi) is 9.41. The maximum atomic E-state index is 13.5. The standard InChI is InChI=1S/C30H36N6O8/c1-17(2)23(35-28(40)44-29(3,4)5)27(39)42-24-20(14-41-22(37)13-18-9-7-6-8-10-18)43-30(15-31,25(24)38)21-12-11-19-26(32)33-16-34-36(19)21/h6-12,16-17,20,23-25,38H,13-14H2,1-5H3,(H,35,40)(H2,32,33,34)/t20-,23+,24-,25-,30+/m1/s1. The lowest BCUT2D eigenvalue weighted by Gasteiger charge is -2.28. The molecule has 4 N–H and O–H groups in total. The number of ether oxygens (including phenoxy) is 4. The largest absolute Gasteiger partial charge is 0.463 e. The molecule has 1 saturated heterocycles. The summed E-state index contributed by atoms with van der Waals surface area (Å²) in [6.45, 7) is 7.94. The number of anilines is 1. The van der Waals surface area contributed by atoms with Crippen LogP contribution in [-0.2, 0) is 40.6 Å². The lowest BCUT2D eigenvalue weighted by Crippen LogP contribution is -2.50. The number of nitrogen functional groups attached to an aromatic ring is 1. The SMILES string of the molecule is CC(C)[C@H](NC(=O)OC(C)(C)C)C(=O)O[C@H]1[C@@H](O)[C@](C#N)(c2ccc3c(N)ncnn23)O[C@@H]1COC(=O)Cc1ccccc1. The average molecular weight is 609 g/mol. The molecule has 1 amide bonds. The number of nitriles is 1. The van der Waals surface area contributed by atoms with Gasteiger partial charge in [0.1, 0.15) is 48.4 Å². The highest BCUT2D eigenvalue weighted by Crippen LogP contribution is 2.42. The molecule has 5 atom stereocenters. The Balaban J connectivity index is 1.63. The number of carbonyl (C=O) groups excluding carboxylic acids is 3. The fraction of sp³-hybridized carbons (Fsp3) is 0.467. The smallest absolute Gasteiger partial charge is 0.408 e. The molecule has 0 unspecified atom stereocenters. The molecule has 1 aliphatic rings. The second-order valence-electron chi connectivity index (χ2n) is 11.7. The number of fused-ring (bicyclic) bond motifs is 1. The van der Waals surface area contributed by atoms with E-state index in [1.165, 1.54) is 16.9 Å². The zero-order chi connectivity index (χ0) is 32.2. The lowest BCUT2D eigenvalue weighted by molar-refractivity contribution is -0.163. The van der Waals surface area contributed by atoms with Gasteiger partial charge in [-0.2, -0.15) is 10.4 Å². The molecule has 1 fully saturated rings. The summed E-state index contributed by atoms with van der Waals surface area (Å²) >= 11 is 0. The van der Waals surface area contributed by atoms with Crippen LogP contribution in [0.3, 0.4) is 0 Å². The van der Waals surface area contributed by atoms with Crippen LogP contribution >= 0.6 is 0 Å². The Morgan fingerprint density at radius 3 is 2.55 bits per heavy atom. The van der Waals surface area contributed by atoms with E-state index in [4.69, 9.17) is 24.7 Å². The molecule has 4 rings (SSSR count). The molecule has 3 heterocycles. The van der Waals surface area contributed by atoms with Crippen LogP contribution in [0.15, 0.2) is 48.8 Å². The van der Waals surface area contributed by atoms with Crippen molar-refractivity contribution in [3.05, 3.63) is 60.0 Å². The monoisotopic (exact) mass is 608 g/mol. The summed E-state index contributed by atoms with van der Waals surface area (Å²) < 4.78 is 23.9. The van der Waals surface area contributed by atoms with Crippen molar-refractivity contribution in [2.24, 2.45) is 5.92 Å². The van der Waals surface area contributed by atoms with Crippen molar-refractivity contribution >= 4 is 29.4 Å². The van der Waals surface area contributed by atoms with E-state index in [0.717, 1.165) is 0 Å². The number of alkyl carbamates (subject to hydrolysis) is 1. The molecule has 14 nitrogen and oxygen atoms in total. The van der Waals surface area contributed by atoms with Gasteiger partial charge in [-0.1, -0.05) is 44.2 Å². The van der Waals surface area contributed by atoms with E-state index in [9.17, 15) is 24.8 Å². The summed E-state index contributed by atoms with van der Waals surface area (Å²) in [5.74, 6) is -1.85. The summed E-state index contributed by atoms with van der Waals surface area (Å²) in [7, 11) is 0. The molecule has 44 heavy (non-hydrogen) atoms. The number of amides is 1. The van der Waals surface area contributed by atoms with Gasteiger partial charge in [-0.3, -0.25) is 4.79 Å². The first-order valence-electron chi connectivity index (χ1n) is 14.0. The third-order valence-corrected chi connectivity index (χ3v) is 6.90. The van der Waals surface area contributed by atoms with Crippen molar-refractivity contribution in [1.82, 2.24) is 19.9 Å². The van der Waals surface area contributed by atoms with Gasteiger partial charge >= 0.3 is 18.0 Å². The lowest BCUT2D eigenvalue weighted by atomic mass is 9.92. The van der Waals surface area contributed by atoms with E-state index < -0.39 is 66.1 Å². The van der Waals surface area contributed by atoms with Gasteiger partial charge in [-0.15, -0.1) is 0 Å². The summed E-state index contributed by atoms with van der Waals surface area (Å²) in [6, 6.07) is 12.7. The number of nitrogens with one attached hydrogen (secondary N) is 1. The summed E-state index contributed by atoms with van der Waals surface area (Å²) in [5, 5.41) is 28.7. The third-order valence-electron chi connectivity index (χ3n) is 6.90. The van der Waals surface area contributed by atoms with Crippen LogP contribution < -0.4 is 11.1 Å². The van der Waals surface area contributed by atoms with Gasteiger partial charge in [-0.05, 0) is 44.4 Å². The summed E-state index contributed by atoms with van der Waals surface area (Å²) in [4.78, 5) is 42.6. The van der Waals surface area contributed by atoms with Gasteiger partial charge in [0.25, 0.3) is 0 Å². The predicted molar refractivity (Wildman–Crippen MR) is 155 cm³/mol. The first kappa shape index (κ1) is 32.2. The van der Waals surface area contributed by atoms with Crippen molar-refractivity contribution in [1.29, 1.82) is 5.26 Å². The molecular formula is C30H36N6O8. The third kappa shape index (κ3) is 6.90. The maximum Gasteiger partial charge on any atom is 0.408 e. The molecule has 1 aliphatic heterocycles. The number of rotatable bonds is 9. The van der Waals surface area contributed by atoms with E-state index in [0.29, 0.717) is 11.1 Å². The Bertz CT molecular complexity index is 1550. The number of esters is 2. The topological polar surface area (TPSA) is 200 Å². The van der Waals surface area contributed by atoms with Crippen LogP contribution in [0.5, 0.6) is 0 Å². The van der Waals surface area contributed by atoms with Crippen LogP contribution in [0.25, 0.3) is 5.52 Å². The number of hydrogen-bond acceptors (Lipinski definition) is 12. The Morgan fingerprint density at radius 1 is 1.20 bits per heavy atom. The molecule has 3 aromatic rings. The second-order valence-corrected chi connectivity index (χ2v) is 11.7. The minimum absolute atomic E-state index is 0.0429. The number of aromatic nitrogens is 3. The van der Waals surface area contributed by atoms with Crippen LogP contribution in [-0.4, -0.2) is 74.3 Å². The zero-order valence-corrected chi connectivity index (χ0v) is 25.1. The second kappa shape index (κ2) is 12.9. The molecule has 14 heteroatoms. The van der Waals surface area contributed by atoms with Gasteiger partial charge in [0.15, 0.2) is 11.9 Å². The fourth-order valence-corrected chi connectivity index (χ4v) is 4.80. The highest BCUT2D eigenvalue weighted by atomic mass is 16.6. The van der Waals surface area contributed by atoms with E-state index in [-0.39, 0.29) is 17.9 Å². The van der Waals surface area contributed by atoms with E-state index in [1.54, 1.807) is 65.0 Å². The predicted octanol–water partition coefficient (Wildman–Crippen LogP) is 2.04. The minimum atomic E-state index is -2.12. The molecule has 234 valence electrons. The van der Waals surface area contributed by atoms with Crippen LogP contribution in [0, 0.1) is 17.2 Å². The van der Waals surface area contributed by atoms with Gasteiger partial charge in [0.2, 0.25) is 5.60 Å². The van der Waals surface area contributed by atoms with E-state index in [1.807, 2.05) is 12.1 Å². The van der Waals surface area contributed by atoms with Gasteiger partial charge in [-0.25, -0.2) is 19.1 Å². The molecular weight excluding hydrogens is 572 g/mol. The van der Waals surface area contributed by atoms with Crippen molar-refractivity contribution in [3.8, 4) is 6.07 Å². The first-order chi connectivity index (χ1) is 20.8. The van der Waals surface area contributed by atoms with Crippen LogP contribution in [0.2, 0.25) is 0 Å². The molecule has 0 bridgehead atoms. The molecule has 0 aliphatic carbocycles. The van der Waals surface area contributed by atoms with Crippen LogP contribution in [0.1, 0.15) is 45.9 Å². The number of aliphatic hydroxyl groups excluding tert-OH is 1. The number of nitrogens with zero attached hydrogens (tertiary/aromatic N) is 4. The van der Waals surface area contributed by atoms with Crippen LogP contribution in [0.4, 0.5) is 10.6 Å². The normalized spacial score (nSPS) is 22.3. The highest BCUT2D eigenvalue weighted by Gasteiger charge is 2.60. The number of nitrogens with two attached hydrogens (primary N) is 1. The molecule has 1 aromatic carbocycles. The summed E-state index contributed by atoms with van der Waals surface area (Å²) in [6.07, 6.45) is -4.28. The Labute approximate surface area is 254 Å². The maximum absolute atomic E-state index is 13.5. The Morgan fingerprint density at radius 2 is 1.91 bits per heavy atom. The summed E-state index contributed by atoms with van der Waals surface area (Å²) in [5.41, 5.74) is 4.16. The van der Waals surface area contributed by atoms with Gasteiger partial charge < -0.3 is 35.1 Å². The molecule has 2 aromatic heterocycles. The fourth-order valence-electron chi connectivity index (χ4n) is 4.80. The van der Waals surface area contributed by atoms with Crippen molar-refractivity contribution in [2.75, 3.05) is 12.3 Å². The average Bonchev–Trinajstić information content (AvgIpc) is 3.50. The number of benzene rings is 1. The van der Waals surface area contributed by atoms with E-state index >= 15 is 0 Å². The first-order valence-corrected chi connectivity index (χ1v) is 14.0. The zero-order valence-electron chi connectivity index (χ0n) is 25.1. The molecule has 0 spiro atoms. The number of aliphatic hydroxyl groups is 1. The molecule has 0 saturated carbocycles. The highest BCUT2D eigenvalue weighted by molar-refractivity contribution is 5.82. The van der Waals surface area contributed by atoms with Crippen molar-refractivity contribution < 1.29 is 38.4 Å². The van der Waals surface area contributed by atoms with Crippen molar-refractivity contribution in [2.45, 2.75) is 76.6 Å².